The monoisotopic (exact) mass is 378 g/mol. The molecule has 4 rings (SSSR count). The van der Waals surface area contributed by atoms with Gasteiger partial charge in [-0.15, -0.1) is 11.3 Å². The fourth-order valence-electron chi connectivity index (χ4n) is 3.99. The van der Waals surface area contributed by atoms with Crippen molar-refractivity contribution in [2.24, 2.45) is 0 Å². The van der Waals surface area contributed by atoms with Gasteiger partial charge in [-0.2, -0.15) is 0 Å². The molecule has 2 aromatic carbocycles. The zero-order valence-corrected chi connectivity index (χ0v) is 16.5. The number of aromatic nitrogens is 1. The van der Waals surface area contributed by atoms with E-state index in [2.05, 4.69) is 52.3 Å². The fraction of sp³-hybridized carbons (Fsp3) is 0.391. The molecule has 0 N–H and O–H groups in total. The van der Waals surface area contributed by atoms with Crippen molar-refractivity contribution >= 4 is 27.5 Å². The summed E-state index contributed by atoms with van der Waals surface area (Å²) in [6.07, 6.45) is 6.86. The van der Waals surface area contributed by atoms with Gasteiger partial charge in [0.15, 0.2) is 0 Å². The fourth-order valence-corrected chi connectivity index (χ4v) is 4.99. The van der Waals surface area contributed by atoms with E-state index in [1.54, 1.807) is 11.3 Å². The van der Waals surface area contributed by atoms with E-state index in [0.717, 1.165) is 50.6 Å². The first kappa shape index (κ1) is 18.2. The zero-order chi connectivity index (χ0) is 18.5. The lowest BCUT2D eigenvalue weighted by Gasteiger charge is -2.25. The Balaban J connectivity index is 1.24. The van der Waals surface area contributed by atoms with Crippen molar-refractivity contribution in [1.82, 2.24) is 9.88 Å². The maximum atomic E-state index is 12.7. The van der Waals surface area contributed by atoms with Crippen LogP contribution in [0, 0.1) is 0 Å². The summed E-state index contributed by atoms with van der Waals surface area (Å²) in [6, 6.07) is 19.2. The van der Waals surface area contributed by atoms with Gasteiger partial charge in [-0.1, -0.05) is 42.5 Å². The minimum atomic E-state index is 0.331. The number of amides is 1. The maximum Gasteiger partial charge on any atom is 0.222 e. The van der Waals surface area contributed by atoms with Gasteiger partial charge < -0.3 is 4.90 Å². The van der Waals surface area contributed by atoms with Crippen LogP contribution in [0.4, 0.5) is 0 Å². The molecular formula is C23H26N2OS. The van der Waals surface area contributed by atoms with Gasteiger partial charge in [0.1, 0.15) is 0 Å². The van der Waals surface area contributed by atoms with Gasteiger partial charge in [0.05, 0.1) is 15.2 Å². The molecule has 27 heavy (non-hydrogen) atoms. The van der Waals surface area contributed by atoms with Crippen molar-refractivity contribution in [3.63, 3.8) is 0 Å². The summed E-state index contributed by atoms with van der Waals surface area (Å²) in [6.45, 7) is 0.925. The molecule has 1 amide bonds. The molecule has 1 aromatic heterocycles. The maximum absolute atomic E-state index is 12.7. The average Bonchev–Trinajstić information content (AvgIpc) is 3.32. The lowest BCUT2D eigenvalue weighted by atomic mass is 10.0. The number of hydrogen-bond donors (Lipinski definition) is 0. The largest absolute Gasteiger partial charge is 0.339 e. The Kier molecular flexibility index (Phi) is 5.83. The number of nitrogens with zero attached hydrogens (tertiary/aromatic N) is 2. The second-order valence-corrected chi connectivity index (χ2v) is 8.47. The van der Waals surface area contributed by atoms with Gasteiger partial charge in [-0.25, -0.2) is 4.98 Å². The molecule has 1 aliphatic rings. The summed E-state index contributed by atoms with van der Waals surface area (Å²) < 4.78 is 1.25. The minimum absolute atomic E-state index is 0.331. The molecule has 1 aliphatic heterocycles. The molecule has 1 unspecified atom stereocenters. The van der Waals surface area contributed by atoms with E-state index in [1.165, 1.54) is 15.3 Å². The highest BCUT2D eigenvalue weighted by molar-refractivity contribution is 7.18. The summed E-state index contributed by atoms with van der Waals surface area (Å²) in [5.41, 5.74) is 2.42. The Morgan fingerprint density at radius 2 is 1.89 bits per heavy atom. The van der Waals surface area contributed by atoms with Gasteiger partial charge >= 0.3 is 0 Å². The number of hydrogen-bond acceptors (Lipinski definition) is 3. The molecule has 1 fully saturated rings. The van der Waals surface area contributed by atoms with Crippen LogP contribution < -0.4 is 0 Å². The first-order valence-electron chi connectivity index (χ1n) is 9.97. The van der Waals surface area contributed by atoms with E-state index >= 15 is 0 Å². The molecule has 140 valence electrons. The van der Waals surface area contributed by atoms with Crippen molar-refractivity contribution in [3.05, 3.63) is 65.2 Å². The molecule has 0 bridgehead atoms. The Labute approximate surface area is 165 Å². The molecule has 1 saturated heterocycles. The number of unbranched alkanes of at least 4 members (excludes halogenated alkanes) is 1. The quantitative estimate of drug-likeness (QED) is 0.527. The van der Waals surface area contributed by atoms with Gasteiger partial charge in [0, 0.05) is 19.0 Å². The molecule has 0 spiro atoms. The number of para-hydroxylation sites is 1. The van der Waals surface area contributed by atoms with Gasteiger partial charge in [-0.05, 0) is 56.2 Å². The predicted molar refractivity (Wildman–Crippen MR) is 112 cm³/mol. The number of aryl methyl sites for hydroxylation is 1. The summed E-state index contributed by atoms with van der Waals surface area (Å²) in [5.74, 6) is 0.331. The lowest BCUT2D eigenvalue weighted by Crippen LogP contribution is -2.36. The Bertz CT molecular complexity index is 857. The molecule has 3 nitrogen and oxygen atoms in total. The summed E-state index contributed by atoms with van der Waals surface area (Å²) >= 11 is 1.78. The van der Waals surface area contributed by atoms with Crippen molar-refractivity contribution in [1.29, 1.82) is 0 Å². The number of carbonyl (C=O) groups is 1. The van der Waals surface area contributed by atoms with Crippen LogP contribution in [0.15, 0.2) is 54.6 Å². The molecular weight excluding hydrogens is 352 g/mol. The third kappa shape index (κ3) is 4.56. The van der Waals surface area contributed by atoms with E-state index in [9.17, 15) is 4.79 Å². The van der Waals surface area contributed by atoms with E-state index in [-0.39, 0.29) is 0 Å². The molecule has 1 atom stereocenters. The number of rotatable bonds is 7. The normalized spacial score (nSPS) is 16.9. The highest BCUT2D eigenvalue weighted by Crippen LogP contribution is 2.24. The van der Waals surface area contributed by atoms with Crippen molar-refractivity contribution in [3.8, 4) is 0 Å². The van der Waals surface area contributed by atoms with Crippen LogP contribution in [-0.2, 0) is 17.6 Å². The molecule has 0 saturated carbocycles. The van der Waals surface area contributed by atoms with Crippen LogP contribution in [0.3, 0.4) is 0 Å². The topological polar surface area (TPSA) is 33.2 Å². The smallest absolute Gasteiger partial charge is 0.222 e. The van der Waals surface area contributed by atoms with Crippen molar-refractivity contribution in [2.45, 2.75) is 51.0 Å². The van der Waals surface area contributed by atoms with Crippen LogP contribution in [-0.4, -0.2) is 28.4 Å². The Hall–Kier alpha value is -2.20. The number of carbonyl (C=O) groups excluding carboxylic acids is 1. The molecule has 4 heteroatoms. The van der Waals surface area contributed by atoms with Crippen molar-refractivity contribution in [2.75, 3.05) is 6.54 Å². The second kappa shape index (κ2) is 8.66. The third-order valence-corrected chi connectivity index (χ3v) is 6.48. The Morgan fingerprint density at radius 1 is 1.07 bits per heavy atom. The van der Waals surface area contributed by atoms with Crippen LogP contribution in [0.1, 0.15) is 42.7 Å². The summed E-state index contributed by atoms with van der Waals surface area (Å²) in [5, 5.41) is 1.19. The summed E-state index contributed by atoms with van der Waals surface area (Å²) in [4.78, 5) is 19.5. The molecule has 2 heterocycles. The zero-order valence-electron chi connectivity index (χ0n) is 15.6. The lowest BCUT2D eigenvalue weighted by molar-refractivity contribution is -0.132. The average molecular weight is 379 g/mol. The SMILES string of the molecule is O=C(CCCCc1nc2ccccc2s1)N1CCCC1Cc1ccccc1. The molecule has 0 radical (unpaired) electrons. The third-order valence-electron chi connectivity index (χ3n) is 5.38. The van der Waals surface area contributed by atoms with E-state index < -0.39 is 0 Å². The number of fused-ring (bicyclic) bond motifs is 1. The standard InChI is InChI=1S/C23H26N2OS/c26-23(25-16-8-11-19(25)17-18-9-2-1-3-10-18)15-7-6-14-22-24-20-12-4-5-13-21(20)27-22/h1-5,9-10,12-13,19H,6-8,11,14-17H2. The van der Waals surface area contributed by atoms with Gasteiger partial charge in [0.2, 0.25) is 5.91 Å². The van der Waals surface area contributed by atoms with Crippen LogP contribution >= 0.6 is 11.3 Å². The number of benzene rings is 2. The molecule has 3 aromatic rings. The Morgan fingerprint density at radius 3 is 2.74 bits per heavy atom. The van der Waals surface area contributed by atoms with Crippen LogP contribution in [0.5, 0.6) is 0 Å². The molecule has 0 aliphatic carbocycles. The highest BCUT2D eigenvalue weighted by atomic mass is 32.1. The first-order valence-corrected chi connectivity index (χ1v) is 10.8. The van der Waals surface area contributed by atoms with E-state index in [0.29, 0.717) is 18.4 Å². The number of likely N-dealkylation sites (tertiary alicyclic amines) is 1. The van der Waals surface area contributed by atoms with Crippen molar-refractivity contribution < 1.29 is 4.79 Å². The first-order chi connectivity index (χ1) is 13.3. The highest BCUT2D eigenvalue weighted by Gasteiger charge is 2.28. The van der Waals surface area contributed by atoms with Crippen LogP contribution in [0.25, 0.3) is 10.2 Å². The second-order valence-electron chi connectivity index (χ2n) is 7.36. The van der Waals surface area contributed by atoms with E-state index in [4.69, 9.17) is 0 Å². The van der Waals surface area contributed by atoms with Crippen LogP contribution in [0.2, 0.25) is 0 Å². The number of thiazole rings is 1. The minimum Gasteiger partial charge on any atom is -0.339 e. The van der Waals surface area contributed by atoms with Gasteiger partial charge in [0.25, 0.3) is 0 Å². The van der Waals surface area contributed by atoms with E-state index in [1.807, 2.05) is 12.1 Å². The predicted octanol–water partition coefficient (Wildman–Crippen LogP) is 5.24. The summed E-state index contributed by atoms with van der Waals surface area (Å²) in [7, 11) is 0. The van der Waals surface area contributed by atoms with Gasteiger partial charge in [-0.3, -0.25) is 4.79 Å².